The van der Waals surface area contributed by atoms with Crippen LogP contribution in [0.5, 0.6) is 0 Å². The van der Waals surface area contributed by atoms with E-state index in [-0.39, 0.29) is 0 Å². The highest BCUT2D eigenvalue weighted by Crippen LogP contribution is 1.96. The van der Waals surface area contributed by atoms with Gasteiger partial charge in [-0.25, -0.2) is 0 Å². The zero-order chi connectivity index (χ0) is 9.40. The summed E-state index contributed by atoms with van der Waals surface area (Å²) in [6, 6.07) is 0. The Morgan fingerprint density at radius 3 is 2.42 bits per heavy atom. The minimum Gasteiger partial charge on any atom is -0.388 e. The second-order valence-electron chi connectivity index (χ2n) is 2.06. The van der Waals surface area contributed by atoms with Crippen LogP contribution < -0.4 is 10.6 Å². The van der Waals surface area contributed by atoms with Gasteiger partial charge in [-0.15, -0.1) is 0 Å². The van der Waals surface area contributed by atoms with E-state index < -0.39 is 0 Å². The Labute approximate surface area is 72.9 Å². The molecule has 0 radical (unpaired) electrons. The van der Waals surface area contributed by atoms with Crippen LogP contribution in [0.25, 0.3) is 0 Å². The van der Waals surface area contributed by atoms with Gasteiger partial charge in [0.2, 0.25) is 6.41 Å². The van der Waals surface area contributed by atoms with Gasteiger partial charge in [0.1, 0.15) is 0 Å². The number of rotatable bonds is 5. The Morgan fingerprint density at radius 2 is 2.08 bits per heavy atom. The van der Waals surface area contributed by atoms with E-state index in [1.807, 2.05) is 20.0 Å². The highest BCUT2D eigenvalue weighted by molar-refractivity contribution is 5.52. The summed E-state index contributed by atoms with van der Waals surface area (Å²) in [5.41, 5.74) is 1.60. The molecule has 0 heterocycles. The number of hydrogen-bond donors (Lipinski definition) is 2. The molecule has 0 aromatic heterocycles. The summed E-state index contributed by atoms with van der Waals surface area (Å²) < 4.78 is 0. The summed E-state index contributed by atoms with van der Waals surface area (Å²) in [6.45, 7) is 5.46. The minimum atomic E-state index is 0.621. The molecule has 0 aromatic rings. The molecule has 66 valence electrons. The van der Waals surface area contributed by atoms with Crippen molar-refractivity contribution in [3.63, 3.8) is 0 Å². The molecule has 0 unspecified atom stereocenters. The molecule has 0 bridgehead atoms. The number of nitrogens with one attached hydrogen (secondary N) is 2. The van der Waals surface area contributed by atoms with Crippen molar-refractivity contribution in [3.8, 4) is 0 Å². The fourth-order valence-electron chi connectivity index (χ4n) is 0.695. The van der Waals surface area contributed by atoms with Crippen molar-refractivity contribution in [2.24, 2.45) is 0 Å². The van der Waals surface area contributed by atoms with Gasteiger partial charge in [0.25, 0.3) is 0 Å². The SMILES string of the molecule is C=C/C(=C\C(=C/C)NC)NC=O. The standard InChI is InChI=1S/C9H14N2O/c1-4-8(10-3)6-9(5-2)11-7-12/h4-7,10H,2H2,1,3H3,(H,11,12)/b8-4+,9-6+. The van der Waals surface area contributed by atoms with Crippen LogP contribution in [0.15, 0.2) is 36.2 Å². The summed E-state index contributed by atoms with van der Waals surface area (Å²) in [7, 11) is 1.81. The maximum atomic E-state index is 10.1. The van der Waals surface area contributed by atoms with Crippen LogP contribution in [0.3, 0.4) is 0 Å². The van der Waals surface area contributed by atoms with Crippen molar-refractivity contribution in [1.82, 2.24) is 10.6 Å². The maximum absolute atomic E-state index is 10.1. The smallest absolute Gasteiger partial charge is 0.211 e. The zero-order valence-corrected chi connectivity index (χ0v) is 7.42. The van der Waals surface area contributed by atoms with Gasteiger partial charge in [-0.2, -0.15) is 0 Å². The number of likely N-dealkylation sites (N-methyl/N-ethyl adjacent to an activating group) is 1. The van der Waals surface area contributed by atoms with Crippen LogP contribution in [0.4, 0.5) is 0 Å². The third-order valence-electron chi connectivity index (χ3n) is 1.36. The first kappa shape index (κ1) is 10.5. The van der Waals surface area contributed by atoms with E-state index in [0.29, 0.717) is 12.1 Å². The molecule has 12 heavy (non-hydrogen) atoms. The number of carbonyl (C=O) groups is 1. The summed E-state index contributed by atoms with van der Waals surface area (Å²) >= 11 is 0. The highest BCUT2D eigenvalue weighted by Gasteiger charge is 1.90. The van der Waals surface area contributed by atoms with Crippen LogP contribution in [-0.4, -0.2) is 13.5 Å². The Balaban J connectivity index is 4.44. The second-order valence-corrected chi connectivity index (χ2v) is 2.06. The molecule has 3 heteroatoms. The van der Waals surface area contributed by atoms with Crippen molar-refractivity contribution >= 4 is 6.41 Å². The van der Waals surface area contributed by atoms with Crippen molar-refractivity contribution in [2.45, 2.75) is 6.92 Å². The van der Waals surface area contributed by atoms with Crippen LogP contribution in [0.1, 0.15) is 6.92 Å². The molecule has 0 aliphatic carbocycles. The third-order valence-corrected chi connectivity index (χ3v) is 1.36. The molecule has 0 aliphatic rings. The van der Waals surface area contributed by atoms with E-state index in [1.54, 1.807) is 12.2 Å². The average Bonchev–Trinajstić information content (AvgIpc) is 2.12. The molecule has 0 spiro atoms. The Hall–Kier alpha value is -1.51. The molecule has 0 saturated carbocycles. The zero-order valence-electron chi connectivity index (χ0n) is 7.42. The summed E-state index contributed by atoms with van der Waals surface area (Å²) in [4.78, 5) is 10.1. The quantitative estimate of drug-likeness (QED) is 0.471. The monoisotopic (exact) mass is 166 g/mol. The van der Waals surface area contributed by atoms with Crippen LogP contribution in [0.2, 0.25) is 0 Å². The molecule has 0 aromatic carbocycles. The highest BCUT2D eigenvalue weighted by atomic mass is 16.1. The Morgan fingerprint density at radius 1 is 1.42 bits per heavy atom. The van der Waals surface area contributed by atoms with E-state index in [2.05, 4.69) is 17.2 Å². The maximum Gasteiger partial charge on any atom is 0.211 e. The molecule has 2 N–H and O–H groups in total. The molecule has 0 fully saturated rings. The van der Waals surface area contributed by atoms with Crippen LogP contribution in [0, 0.1) is 0 Å². The molecule has 3 nitrogen and oxygen atoms in total. The number of carbonyl (C=O) groups excluding carboxylic acids is 1. The fourth-order valence-corrected chi connectivity index (χ4v) is 0.695. The minimum absolute atomic E-state index is 0.621. The average molecular weight is 166 g/mol. The predicted octanol–water partition coefficient (Wildman–Crippen LogP) is 0.925. The summed E-state index contributed by atoms with van der Waals surface area (Å²) in [5.74, 6) is 0. The van der Waals surface area contributed by atoms with Crippen LogP contribution in [-0.2, 0) is 4.79 Å². The summed E-state index contributed by atoms with van der Waals surface area (Å²) in [5, 5.41) is 5.47. The molecule has 1 amide bonds. The van der Waals surface area contributed by atoms with Gasteiger partial charge in [-0.3, -0.25) is 4.79 Å². The van der Waals surface area contributed by atoms with E-state index in [9.17, 15) is 4.79 Å². The first-order valence-electron chi connectivity index (χ1n) is 3.66. The first-order chi connectivity index (χ1) is 5.78. The van der Waals surface area contributed by atoms with Gasteiger partial charge in [-0.1, -0.05) is 12.7 Å². The van der Waals surface area contributed by atoms with E-state index in [4.69, 9.17) is 0 Å². The van der Waals surface area contributed by atoms with Gasteiger partial charge in [-0.05, 0) is 19.1 Å². The number of hydrogen-bond acceptors (Lipinski definition) is 2. The van der Waals surface area contributed by atoms with E-state index >= 15 is 0 Å². The van der Waals surface area contributed by atoms with Crippen molar-refractivity contribution in [2.75, 3.05) is 7.05 Å². The van der Waals surface area contributed by atoms with Crippen molar-refractivity contribution in [3.05, 3.63) is 36.2 Å². The van der Waals surface area contributed by atoms with Gasteiger partial charge in [0.05, 0.1) is 0 Å². The van der Waals surface area contributed by atoms with Crippen molar-refractivity contribution < 1.29 is 4.79 Å². The number of amides is 1. The Kier molecular flexibility index (Phi) is 5.43. The Bertz CT molecular complexity index is 217. The lowest BCUT2D eigenvalue weighted by molar-refractivity contribution is -0.108. The molecule has 0 aliphatic heterocycles. The predicted molar refractivity (Wildman–Crippen MR) is 50.3 cm³/mol. The molecular formula is C9H14N2O. The largest absolute Gasteiger partial charge is 0.388 e. The van der Waals surface area contributed by atoms with Gasteiger partial charge >= 0.3 is 0 Å². The van der Waals surface area contributed by atoms with Gasteiger partial charge in [0.15, 0.2) is 0 Å². The normalized spacial score (nSPS) is 12.2. The van der Waals surface area contributed by atoms with Crippen LogP contribution >= 0.6 is 0 Å². The van der Waals surface area contributed by atoms with Crippen molar-refractivity contribution in [1.29, 1.82) is 0 Å². The number of allylic oxidation sites excluding steroid dienone is 3. The molecular weight excluding hydrogens is 152 g/mol. The summed E-state index contributed by atoms with van der Waals surface area (Å²) in [6.07, 6.45) is 5.89. The third kappa shape index (κ3) is 3.61. The first-order valence-corrected chi connectivity index (χ1v) is 3.66. The topological polar surface area (TPSA) is 41.1 Å². The molecule has 0 rings (SSSR count). The molecule has 0 saturated heterocycles. The van der Waals surface area contributed by atoms with E-state index in [1.165, 1.54) is 0 Å². The fraction of sp³-hybridized carbons (Fsp3) is 0.222. The lowest BCUT2D eigenvalue weighted by atomic mass is 10.3. The lowest BCUT2D eigenvalue weighted by Gasteiger charge is -2.02. The second kappa shape index (κ2) is 6.22. The van der Waals surface area contributed by atoms with Gasteiger partial charge in [0, 0.05) is 18.4 Å². The van der Waals surface area contributed by atoms with Gasteiger partial charge < -0.3 is 10.6 Å². The lowest BCUT2D eigenvalue weighted by Crippen LogP contribution is -2.11. The van der Waals surface area contributed by atoms with E-state index in [0.717, 1.165) is 5.70 Å². The molecule has 0 atom stereocenters.